The van der Waals surface area contributed by atoms with Crippen molar-refractivity contribution < 1.29 is 19.4 Å². The van der Waals surface area contributed by atoms with Gasteiger partial charge in [0.25, 0.3) is 0 Å². The number of amides is 1. The highest BCUT2D eigenvalue weighted by atomic mass is 16.6. The number of likely N-dealkylation sites (tertiary alicyclic amines) is 1. The number of carboxylic acids is 1. The Balaban J connectivity index is 1.93. The maximum Gasteiger partial charge on any atom is 0.410 e. The lowest BCUT2D eigenvalue weighted by atomic mass is 9.61. The molecule has 1 amide bonds. The monoisotopic (exact) mass is 319 g/mol. The summed E-state index contributed by atoms with van der Waals surface area (Å²) < 4.78 is 5.32. The lowest BCUT2D eigenvalue weighted by Crippen LogP contribution is -2.52. The van der Waals surface area contributed by atoms with Crippen molar-refractivity contribution in [2.45, 2.75) is 40.2 Å². The first-order valence-electron chi connectivity index (χ1n) is 7.95. The van der Waals surface area contributed by atoms with E-state index >= 15 is 0 Å². The van der Waals surface area contributed by atoms with Crippen LogP contribution in [0.1, 0.15) is 39.2 Å². The Bertz CT molecular complexity index is 554. The topological polar surface area (TPSA) is 66.8 Å². The fraction of sp³-hybridized carbons (Fsp3) is 0.556. The van der Waals surface area contributed by atoms with Crippen LogP contribution in [-0.2, 0) is 16.1 Å². The molecule has 0 saturated carbocycles. The standard InChI is InChI=1S/C18H25NO4/c1-17(2,3)18(15(20)21)9-11-19(12-10-18)16(22)23-13-14-7-5-4-6-8-14/h4-8H,9-13H2,1-3H3,(H,20,21). The van der Waals surface area contributed by atoms with Gasteiger partial charge in [0.1, 0.15) is 6.61 Å². The molecule has 1 fully saturated rings. The van der Waals surface area contributed by atoms with E-state index in [9.17, 15) is 14.7 Å². The van der Waals surface area contributed by atoms with Crippen LogP contribution in [0.5, 0.6) is 0 Å². The summed E-state index contributed by atoms with van der Waals surface area (Å²) in [5.74, 6) is -0.776. The van der Waals surface area contributed by atoms with Crippen LogP contribution in [0.25, 0.3) is 0 Å². The van der Waals surface area contributed by atoms with Crippen molar-refractivity contribution in [3.05, 3.63) is 35.9 Å². The van der Waals surface area contributed by atoms with Gasteiger partial charge in [-0.25, -0.2) is 4.79 Å². The molecule has 0 aromatic heterocycles. The zero-order valence-electron chi connectivity index (χ0n) is 14.0. The van der Waals surface area contributed by atoms with Gasteiger partial charge >= 0.3 is 12.1 Å². The van der Waals surface area contributed by atoms with E-state index in [2.05, 4.69) is 0 Å². The Kier molecular flexibility index (Phi) is 4.97. The van der Waals surface area contributed by atoms with E-state index in [0.717, 1.165) is 5.56 Å². The van der Waals surface area contributed by atoms with E-state index in [1.54, 1.807) is 4.90 Å². The quantitative estimate of drug-likeness (QED) is 0.925. The van der Waals surface area contributed by atoms with Gasteiger partial charge in [0, 0.05) is 13.1 Å². The second kappa shape index (κ2) is 6.60. The minimum atomic E-state index is -0.788. The predicted molar refractivity (Wildman–Crippen MR) is 87.0 cm³/mol. The van der Waals surface area contributed by atoms with Gasteiger partial charge in [0.15, 0.2) is 0 Å². The van der Waals surface area contributed by atoms with Gasteiger partial charge in [0.2, 0.25) is 0 Å². The van der Waals surface area contributed by atoms with Crippen LogP contribution in [0, 0.1) is 10.8 Å². The average Bonchev–Trinajstić information content (AvgIpc) is 2.52. The summed E-state index contributed by atoms with van der Waals surface area (Å²) in [6.45, 7) is 6.91. The molecule has 1 saturated heterocycles. The molecule has 1 aliphatic rings. The second-order valence-corrected chi connectivity index (χ2v) is 7.16. The number of carbonyl (C=O) groups is 2. The third-order valence-corrected chi connectivity index (χ3v) is 4.93. The molecule has 0 spiro atoms. The Hall–Kier alpha value is -2.04. The van der Waals surface area contributed by atoms with Crippen LogP contribution in [-0.4, -0.2) is 35.2 Å². The van der Waals surface area contributed by atoms with Crippen molar-refractivity contribution in [3.63, 3.8) is 0 Å². The molecule has 2 rings (SSSR count). The van der Waals surface area contributed by atoms with Gasteiger partial charge in [-0.2, -0.15) is 0 Å². The summed E-state index contributed by atoms with van der Waals surface area (Å²) in [4.78, 5) is 25.5. The maximum absolute atomic E-state index is 12.2. The van der Waals surface area contributed by atoms with Gasteiger partial charge in [0.05, 0.1) is 5.41 Å². The molecule has 1 aromatic carbocycles. The van der Waals surface area contributed by atoms with Crippen molar-refractivity contribution in [1.29, 1.82) is 0 Å². The third-order valence-electron chi connectivity index (χ3n) is 4.93. The summed E-state index contributed by atoms with van der Waals surface area (Å²) in [5.41, 5.74) is -0.199. The first-order valence-corrected chi connectivity index (χ1v) is 7.95. The molecule has 5 nitrogen and oxygen atoms in total. The molecule has 0 atom stereocenters. The molecule has 0 bridgehead atoms. The van der Waals surface area contributed by atoms with Gasteiger partial charge in [-0.05, 0) is 23.8 Å². The third kappa shape index (κ3) is 3.66. The number of hydrogen-bond donors (Lipinski definition) is 1. The fourth-order valence-electron chi connectivity index (χ4n) is 3.17. The molecule has 0 unspecified atom stereocenters. The van der Waals surface area contributed by atoms with Crippen molar-refractivity contribution >= 4 is 12.1 Å². The molecule has 0 aliphatic carbocycles. The maximum atomic E-state index is 12.2. The summed E-state index contributed by atoms with van der Waals surface area (Å²) in [6, 6.07) is 9.51. The Morgan fingerprint density at radius 3 is 2.22 bits per heavy atom. The number of hydrogen-bond acceptors (Lipinski definition) is 3. The molecular weight excluding hydrogens is 294 g/mol. The largest absolute Gasteiger partial charge is 0.481 e. The molecule has 23 heavy (non-hydrogen) atoms. The van der Waals surface area contributed by atoms with Crippen LogP contribution in [0.2, 0.25) is 0 Å². The van der Waals surface area contributed by atoms with Crippen LogP contribution in [0.4, 0.5) is 4.79 Å². The Morgan fingerprint density at radius 1 is 1.17 bits per heavy atom. The number of carbonyl (C=O) groups excluding carboxylic acids is 1. The Morgan fingerprint density at radius 2 is 1.74 bits per heavy atom. The normalized spacial score (nSPS) is 17.6. The van der Waals surface area contributed by atoms with E-state index < -0.39 is 11.4 Å². The first-order chi connectivity index (χ1) is 10.8. The van der Waals surface area contributed by atoms with E-state index in [1.165, 1.54) is 0 Å². The molecule has 1 aliphatic heterocycles. The number of nitrogens with zero attached hydrogens (tertiary/aromatic N) is 1. The van der Waals surface area contributed by atoms with Gasteiger partial charge in [-0.1, -0.05) is 51.1 Å². The molecule has 1 N–H and O–H groups in total. The number of ether oxygens (including phenoxy) is 1. The SMILES string of the molecule is CC(C)(C)C1(C(=O)O)CCN(C(=O)OCc2ccccc2)CC1. The lowest BCUT2D eigenvalue weighted by molar-refractivity contribution is -0.160. The van der Waals surface area contributed by atoms with Gasteiger partial charge in [-0.3, -0.25) is 4.79 Å². The zero-order valence-corrected chi connectivity index (χ0v) is 14.0. The van der Waals surface area contributed by atoms with Crippen molar-refractivity contribution in [2.75, 3.05) is 13.1 Å². The molecule has 1 heterocycles. The number of aliphatic carboxylic acids is 1. The summed E-state index contributed by atoms with van der Waals surface area (Å²) >= 11 is 0. The highest BCUT2D eigenvalue weighted by molar-refractivity contribution is 5.76. The van der Waals surface area contributed by atoms with Crippen molar-refractivity contribution in [2.24, 2.45) is 10.8 Å². The Labute approximate surface area is 137 Å². The van der Waals surface area contributed by atoms with Gasteiger partial charge < -0.3 is 14.7 Å². The lowest BCUT2D eigenvalue weighted by Gasteiger charge is -2.46. The van der Waals surface area contributed by atoms with E-state index in [-0.39, 0.29) is 18.1 Å². The van der Waals surface area contributed by atoms with Crippen LogP contribution in [0.15, 0.2) is 30.3 Å². The minimum absolute atomic E-state index is 0.236. The summed E-state index contributed by atoms with van der Waals surface area (Å²) in [6.07, 6.45) is 0.528. The molecule has 1 aromatic rings. The van der Waals surface area contributed by atoms with Crippen LogP contribution < -0.4 is 0 Å². The molecule has 126 valence electrons. The van der Waals surface area contributed by atoms with Gasteiger partial charge in [-0.15, -0.1) is 0 Å². The van der Waals surface area contributed by atoms with E-state index in [0.29, 0.717) is 25.9 Å². The smallest absolute Gasteiger partial charge is 0.410 e. The second-order valence-electron chi connectivity index (χ2n) is 7.16. The fourth-order valence-corrected chi connectivity index (χ4v) is 3.17. The van der Waals surface area contributed by atoms with E-state index in [4.69, 9.17) is 4.74 Å². The number of benzene rings is 1. The first kappa shape index (κ1) is 17.3. The average molecular weight is 319 g/mol. The van der Waals surface area contributed by atoms with Crippen molar-refractivity contribution in [3.8, 4) is 0 Å². The molecule has 5 heteroatoms. The number of rotatable bonds is 3. The number of piperidine rings is 1. The summed E-state index contributed by atoms with van der Waals surface area (Å²) in [5, 5.41) is 9.67. The molecular formula is C18H25NO4. The minimum Gasteiger partial charge on any atom is -0.481 e. The highest BCUT2D eigenvalue weighted by Gasteiger charge is 2.50. The van der Waals surface area contributed by atoms with Crippen molar-refractivity contribution in [1.82, 2.24) is 4.90 Å². The van der Waals surface area contributed by atoms with E-state index in [1.807, 2.05) is 51.1 Å². The highest BCUT2D eigenvalue weighted by Crippen LogP contribution is 2.47. The zero-order chi connectivity index (χ0) is 17.1. The number of carboxylic acid groups (broad SMARTS) is 1. The summed E-state index contributed by atoms with van der Waals surface area (Å²) in [7, 11) is 0. The molecule has 0 radical (unpaired) electrons. The van der Waals surface area contributed by atoms with Crippen LogP contribution in [0.3, 0.4) is 0 Å². The van der Waals surface area contributed by atoms with Crippen LogP contribution >= 0.6 is 0 Å². The predicted octanol–water partition coefficient (Wildman–Crippen LogP) is 3.54.